The molecule has 3 aromatic rings. The smallest absolute Gasteiger partial charge is 0.300 e. The molecule has 1 fully saturated rings. The number of carbonyl (C=O) groups is 2. The SMILES string of the molecule is COc1ccc(C2/C(=C(\O)c3ccc(F)c(C)c3)C(=O)C(=O)N2c2ccc(C)c(Cl)c2)cc1. The van der Waals surface area contributed by atoms with Crippen molar-refractivity contribution in [3.05, 3.63) is 99.3 Å². The molecule has 1 N–H and O–H groups in total. The number of hydrogen-bond acceptors (Lipinski definition) is 4. The molecule has 0 spiro atoms. The molecule has 3 aromatic carbocycles. The number of Topliss-reactive ketones (excluding diaryl/α,β-unsaturated/α-hetero) is 1. The zero-order valence-electron chi connectivity index (χ0n) is 18.2. The average molecular weight is 466 g/mol. The number of aryl methyl sites for hydroxylation is 2. The Balaban J connectivity index is 1.95. The molecule has 1 amide bonds. The first kappa shape index (κ1) is 22.6. The van der Waals surface area contributed by atoms with Gasteiger partial charge in [-0.1, -0.05) is 29.8 Å². The van der Waals surface area contributed by atoms with E-state index in [4.69, 9.17) is 16.3 Å². The van der Waals surface area contributed by atoms with E-state index in [1.54, 1.807) is 49.4 Å². The van der Waals surface area contributed by atoms with Crippen molar-refractivity contribution in [2.45, 2.75) is 19.9 Å². The third-order valence-electron chi connectivity index (χ3n) is 5.74. The Labute approximate surface area is 195 Å². The zero-order chi connectivity index (χ0) is 23.9. The molecule has 1 saturated heterocycles. The Bertz CT molecular complexity index is 1300. The number of ketones is 1. The predicted molar refractivity (Wildman–Crippen MR) is 125 cm³/mol. The maximum absolute atomic E-state index is 13.8. The molecule has 1 heterocycles. The van der Waals surface area contributed by atoms with Crippen molar-refractivity contribution in [2.24, 2.45) is 0 Å². The van der Waals surface area contributed by atoms with Gasteiger partial charge in [-0.25, -0.2) is 4.39 Å². The van der Waals surface area contributed by atoms with Crippen LogP contribution in [0.4, 0.5) is 10.1 Å². The quantitative estimate of drug-likeness (QED) is 0.303. The summed E-state index contributed by atoms with van der Waals surface area (Å²) in [6.45, 7) is 3.39. The molecule has 0 saturated carbocycles. The van der Waals surface area contributed by atoms with Gasteiger partial charge in [0.25, 0.3) is 11.7 Å². The lowest BCUT2D eigenvalue weighted by Gasteiger charge is -2.26. The summed E-state index contributed by atoms with van der Waals surface area (Å²) in [6.07, 6.45) is 0. The van der Waals surface area contributed by atoms with Crippen LogP contribution in [0.1, 0.15) is 28.3 Å². The van der Waals surface area contributed by atoms with E-state index in [0.29, 0.717) is 27.6 Å². The fourth-order valence-electron chi connectivity index (χ4n) is 3.88. The lowest BCUT2D eigenvalue weighted by molar-refractivity contribution is -0.132. The van der Waals surface area contributed by atoms with Crippen molar-refractivity contribution in [3.8, 4) is 5.75 Å². The second-order valence-electron chi connectivity index (χ2n) is 7.84. The van der Waals surface area contributed by atoms with Gasteiger partial charge in [0.2, 0.25) is 0 Å². The molecule has 168 valence electrons. The second-order valence-corrected chi connectivity index (χ2v) is 8.25. The minimum absolute atomic E-state index is 0.0899. The number of methoxy groups -OCH3 is 1. The van der Waals surface area contributed by atoms with Crippen LogP contribution in [0, 0.1) is 19.7 Å². The van der Waals surface area contributed by atoms with Crippen molar-refractivity contribution in [2.75, 3.05) is 12.0 Å². The summed E-state index contributed by atoms with van der Waals surface area (Å²) in [6, 6.07) is 15.0. The Kier molecular flexibility index (Phi) is 5.95. The van der Waals surface area contributed by atoms with Crippen molar-refractivity contribution in [3.63, 3.8) is 0 Å². The molecule has 33 heavy (non-hydrogen) atoms. The molecule has 0 radical (unpaired) electrons. The maximum atomic E-state index is 13.8. The van der Waals surface area contributed by atoms with Gasteiger partial charge in [0.1, 0.15) is 17.3 Å². The molecular weight excluding hydrogens is 445 g/mol. The number of benzene rings is 3. The van der Waals surface area contributed by atoms with E-state index < -0.39 is 23.5 Å². The highest BCUT2D eigenvalue weighted by molar-refractivity contribution is 6.51. The molecule has 7 heteroatoms. The molecule has 4 rings (SSSR count). The van der Waals surface area contributed by atoms with Gasteiger partial charge in [-0.3, -0.25) is 14.5 Å². The summed E-state index contributed by atoms with van der Waals surface area (Å²) in [5.74, 6) is -1.85. The standard InChI is InChI=1S/C26H21ClFNO4/c1-14-4-8-18(13-20(14)27)29-23(16-5-9-19(33-3)10-6-16)22(25(31)26(29)32)24(30)17-7-11-21(28)15(2)12-17/h4-13,23,30H,1-3H3/b24-22+. The van der Waals surface area contributed by atoms with Gasteiger partial charge in [-0.15, -0.1) is 0 Å². The highest BCUT2D eigenvalue weighted by atomic mass is 35.5. The van der Waals surface area contributed by atoms with Crippen LogP contribution in [-0.2, 0) is 9.59 Å². The molecule has 1 aliphatic heterocycles. The molecule has 1 unspecified atom stereocenters. The first-order valence-corrected chi connectivity index (χ1v) is 10.6. The van der Waals surface area contributed by atoms with Crippen LogP contribution in [0.5, 0.6) is 5.75 Å². The number of aliphatic hydroxyl groups excluding tert-OH is 1. The minimum atomic E-state index is -0.917. The highest BCUT2D eigenvalue weighted by Gasteiger charge is 2.47. The summed E-state index contributed by atoms with van der Waals surface area (Å²) in [7, 11) is 1.53. The number of rotatable bonds is 4. The van der Waals surface area contributed by atoms with Crippen molar-refractivity contribution in [1.29, 1.82) is 0 Å². The van der Waals surface area contributed by atoms with E-state index in [-0.39, 0.29) is 16.9 Å². The predicted octanol–water partition coefficient (Wildman–Crippen LogP) is 5.73. The number of anilines is 1. The highest BCUT2D eigenvalue weighted by Crippen LogP contribution is 2.43. The van der Waals surface area contributed by atoms with Crippen LogP contribution < -0.4 is 9.64 Å². The summed E-state index contributed by atoms with van der Waals surface area (Å²) in [5.41, 5.74) is 2.29. The molecule has 1 atom stereocenters. The van der Waals surface area contributed by atoms with E-state index in [1.807, 2.05) is 6.92 Å². The minimum Gasteiger partial charge on any atom is -0.507 e. The topological polar surface area (TPSA) is 66.8 Å². The zero-order valence-corrected chi connectivity index (χ0v) is 19.0. The number of hydrogen-bond donors (Lipinski definition) is 1. The van der Waals surface area contributed by atoms with Gasteiger partial charge in [-0.05, 0) is 73.0 Å². The maximum Gasteiger partial charge on any atom is 0.300 e. The van der Waals surface area contributed by atoms with E-state index in [9.17, 15) is 19.1 Å². The van der Waals surface area contributed by atoms with Crippen LogP contribution in [-0.4, -0.2) is 23.9 Å². The van der Waals surface area contributed by atoms with Gasteiger partial charge in [0.05, 0.1) is 18.7 Å². The Morgan fingerprint density at radius 2 is 1.70 bits per heavy atom. The first-order valence-electron chi connectivity index (χ1n) is 10.2. The van der Waals surface area contributed by atoms with E-state index >= 15 is 0 Å². The summed E-state index contributed by atoms with van der Waals surface area (Å²) in [5, 5.41) is 11.6. The average Bonchev–Trinajstić information content (AvgIpc) is 3.07. The molecule has 1 aliphatic rings. The van der Waals surface area contributed by atoms with Crippen LogP contribution in [0.3, 0.4) is 0 Å². The largest absolute Gasteiger partial charge is 0.507 e. The first-order chi connectivity index (χ1) is 15.7. The number of nitrogens with zero attached hydrogens (tertiary/aromatic N) is 1. The van der Waals surface area contributed by atoms with Crippen LogP contribution in [0.25, 0.3) is 5.76 Å². The summed E-state index contributed by atoms with van der Waals surface area (Å²) in [4.78, 5) is 27.7. The fourth-order valence-corrected chi connectivity index (χ4v) is 4.05. The number of amides is 1. The lowest BCUT2D eigenvalue weighted by Crippen LogP contribution is -2.29. The van der Waals surface area contributed by atoms with Crippen molar-refractivity contribution in [1.82, 2.24) is 0 Å². The molecule has 0 aliphatic carbocycles. The van der Waals surface area contributed by atoms with E-state index in [2.05, 4.69) is 0 Å². The molecule has 0 bridgehead atoms. The van der Waals surface area contributed by atoms with Crippen LogP contribution >= 0.6 is 11.6 Å². The third-order valence-corrected chi connectivity index (χ3v) is 6.15. The second kappa shape index (κ2) is 8.71. The monoisotopic (exact) mass is 465 g/mol. The third kappa shape index (κ3) is 3.98. The Morgan fingerprint density at radius 3 is 2.30 bits per heavy atom. The van der Waals surface area contributed by atoms with Gasteiger partial charge in [0.15, 0.2) is 0 Å². The van der Waals surface area contributed by atoms with Gasteiger partial charge >= 0.3 is 0 Å². The van der Waals surface area contributed by atoms with Gasteiger partial charge < -0.3 is 9.84 Å². The number of carbonyl (C=O) groups excluding carboxylic acids is 2. The molecule has 0 aromatic heterocycles. The Hall–Kier alpha value is -3.64. The number of halogens is 2. The summed E-state index contributed by atoms with van der Waals surface area (Å²) >= 11 is 6.30. The fraction of sp³-hybridized carbons (Fsp3) is 0.154. The molecule has 5 nitrogen and oxygen atoms in total. The van der Waals surface area contributed by atoms with Gasteiger partial charge in [-0.2, -0.15) is 0 Å². The van der Waals surface area contributed by atoms with Crippen LogP contribution in [0.2, 0.25) is 5.02 Å². The van der Waals surface area contributed by atoms with Crippen LogP contribution in [0.15, 0.2) is 66.2 Å². The van der Waals surface area contributed by atoms with Crippen molar-refractivity contribution >= 4 is 34.7 Å². The van der Waals surface area contributed by atoms with E-state index in [1.165, 1.54) is 30.2 Å². The lowest BCUT2D eigenvalue weighted by atomic mass is 9.94. The normalized spacial score (nSPS) is 17.5. The molecular formula is C26H21ClFNO4. The Morgan fingerprint density at radius 1 is 1.00 bits per heavy atom. The van der Waals surface area contributed by atoms with Crippen molar-refractivity contribution < 1.29 is 23.8 Å². The van der Waals surface area contributed by atoms with Gasteiger partial charge in [0, 0.05) is 16.3 Å². The number of ether oxygens (including phenoxy) is 1. The van der Waals surface area contributed by atoms with E-state index in [0.717, 1.165) is 5.56 Å². The number of aliphatic hydroxyl groups is 1. The summed E-state index contributed by atoms with van der Waals surface area (Å²) < 4.78 is 19.0.